The van der Waals surface area contributed by atoms with Gasteiger partial charge < -0.3 is 19.2 Å². The maximum absolute atomic E-state index is 13.3. The summed E-state index contributed by atoms with van der Waals surface area (Å²) in [6.07, 6.45) is 3.40. The first-order chi connectivity index (χ1) is 15.5. The van der Waals surface area contributed by atoms with Crippen LogP contribution in [0.3, 0.4) is 0 Å². The lowest BCUT2D eigenvalue weighted by molar-refractivity contribution is 0.0953. The summed E-state index contributed by atoms with van der Waals surface area (Å²) in [5.74, 6) is 1.10. The summed E-state index contributed by atoms with van der Waals surface area (Å²) in [4.78, 5) is 12.8. The molecular formula is C24H27NO6S. The van der Waals surface area contributed by atoms with E-state index in [4.69, 9.17) is 13.9 Å². The van der Waals surface area contributed by atoms with Crippen LogP contribution in [0.5, 0.6) is 11.5 Å². The number of amides is 1. The fraction of sp³-hybridized carbons (Fsp3) is 0.292. The number of methoxy groups -OCH3 is 1. The average molecular weight is 458 g/mol. The monoisotopic (exact) mass is 457 g/mol. The van der Waals surface area contributed by atoms with Crippen LogP contribution in [0.1, 0.15) is 41.1 Å². The van der Waals surface area contributed by atoms with Gasteiger partial charge in [-0.3, -0.25) is 4.79 Å². The predicted molar refractivity (Wildman–Crippen MR) is 121 cm³/mol. The smallest absolute Gasteiger partial charge is 0.251 e. The lowest BCUT2D eigenvalue weighted by Gasteiger charge is -2.17. The van der Waals surface area contributed by atoms with Gasteiger partial charge in [0, 0.05) is 12.1 Å². The third kappa shape index (κ3) is 5.70. The minimum absolute atomic E-state index is 0.113. The zero-order valence-corrected chi connectivity index (χ0v) is 18.9. The molecule has 1 aromatic heterocycles. The Labute approximate surface area is 188 Å². The predicted octanol–water partition coefficient (Wildman–Crippen LogP) is 4.41. The van der Waals surface area contributed by atoms with Crippen molar-refractivity contribution in [2.75, 3.05) is 20.3 Å². The number of unbranched alkanes of at least 4 members (excludes halogenated alkanes) is 1. The number of sulfone groups is 1. The number of carbonyl (C=O) groups is 1. The second-order valence-corrected chi connectivity index (χ2v) is 9.29. The van der Waals surface area contributed by atoms with Gasteiger partial charge in [-0.25, -0.2) is 8.42 Å². The van der Waals surface area contributed by atoms with Crippen molar-refractivity contribution in [3.63, 3.8) is 0 Å². The molecule has 0 aliphatic rings. The fourth-order valence-corrected chi connectivity index (χ4v) is 4.68. The van der Waals surface area contributed by atoms with Crippen molar-refractivity contribution in [1.29, 1.82) is 0 Å². The third-order valence-corrected chi connectivity index (χ3v) is 7.03. The van der Waals surface area contributed by atoms with E-state index >= 15 is 0 Å². The largest absolute Gasteiger partial charge is 0.497 e. The number of benzene rings is 2. The number of carbonyl (C=O) groups excluding carboxylic acids is 1. The molecule has 1 atom stereocenters. The first-order valence-corrected chi connectivity index (χ1v) is 11.9. The summed E-state index contributed by atoms with van der Waals surface area (Å²) >= 11 is 0. The van der Waals surface area contributed by atoms with Crippen LogP contribution in [-0.2, 0) is 9.84 Å². The Morgan fingerprint density at radius 2 is 1.72 bits per heavy atom. The van der Waals surface area contributed by atoms with E-state index in [0.717, 1.165) is 12.8 Å². The lowest BCUT2D eigenvalue weighted by atomic mass is 10.2. The highest BCUT2D eigenvalue weighted by atomic mass is 32.2. The van der Waals surface area contributed by atoms with Gasteiger partial charge in [-0.15, -0.1) is 0 Å². The molecule has 0 unspecified atom stereocenters. The first-order valence-electron chi connectivity index (χ1n) is 10.4. The summed E-state index contributed by atoms with van der Waals surface area (Å²) in [5, 5.41) is 1.64. The van der Waals surface area contributed by atoms with Crippen molar-refractivity contribution in [3.8, 4) is 11.5 Å². The molecule has 2 aromatic carbocycles. The average Bonchev–Trinajstić information content (AvgIpc) is 3.34. The molecule has 7 nitrogen and oxygen atoms in total. The quantitative estimate of drug-likeness (QED) is 0.429. The molecule has 0 aliphatic heterocycles. The highest BCUT2D eigenvalue weighted by Crippen LogP contribution is 2.30. The molecule has 32 heavy (non-hydrogen) atoms. The van der Waals surface area contributed by atoms with Gasteiger partial charge in [0.05, 0.1) is 24.9 Å². The van der Waals surface area contributed by atoms with Gasteiger partial charge in [0.1, 0.15) is 22.5 Å². The Morgan fingerprint density at radius 3 is 2.31 bits per heavy atom. The number of rotatable bonds is 11. The van der Waals surface area contributed by atoms with Crippen LogP contribution in [0.25, 0.3) is 0 Å². The Morgan fingerprint density at radius 1 is 1.03 bits per heavy atom. The van der Waals surface area contributed by atoms with E-state index in [0.29, 0.717) is 23.7 Å². The molecule has 3 rings (SSSR count). The number of furan rings is 1. The van der Waals surface area contributed by atoms with E-state index in [9.17, 15) is 13.2 Å². The summed E-state index contributed by atoms with van der Waals surface area (Å²) in [6, 6.07) is 16.1. The van der Waals surface area contributed by atoms with Crippen LogP contribution >= 0.6 is 0 Å². The third-order valence-electron chi connectivity index (χ3n) is 4.95. The van der Waals surface area contributed by atoms with E-state index in [1.807, 2.05) is 0 Å². The zero-order valence-electron chi connectivity index (χ0n) is 18.1. The minimum atomic E-state index is -3.83. The molecule has 0 spiro atoms. The Bertz CT molecular complexity index is 1090. The van der Waals surface area contributed by atoms with Crippen LogP contribution < -0.4 is 14.8 Å². The summed E-state index contributed by atoms with van der Waals surface area (Å²) in [5.41, 5.74) is 0.410. The minimum Gasteiger partial charge on any atom is -0.497 e. The topological polar surface area (TPSA) is 94.8 Å². The summed E-state index contributed by atoms with van der Waals surface area (Å²) < 4.78 is 42.6. The molecule has 1 N–H and O–H groups in total. The second-order valence-electron chi connectivity index (χ2n) is 7.16. The van der Waals surface area contributed by atoms with Crippen LogP contribution in [0.4, 0.5) is 0 Å². The SMILES string of the molecule is CCCCOc1ccc(C(=O)NC[C@@H](c2ccco2)S(=O)(=O)c2ccc(OC)cc2)cc1. The van der Waals surface area contributed by atoms with Crippen molar-refractivity contribution in [1.82, 2.24) is 5.32 Å². The molecule has 0 radical (unpaired) electrons. The van der Waals surface area contributed by atoms with Gasteiger partial charge in [0.25, 0.3) is 5.91 Å². The van der Waals surface area contributed by atoms with E-state index in [1.165, 1.54) is 25.5 Å². The second kappa shape index (κ2) is 10.9. The van der Waals surface area contributed by atoms with Crippen LogP contribution in [-0.4, -0.2) is 34.6 Å². The van der Waals surface area contributed by atoms with E-state index in [-0.39, 0.29) is 23.1 Å². The van der Waals surface area contributed by atoms with Crippen LogP contribution in [0.15, 0.2) is 76.2 Å². The Hall–Kier alpha value is -3.26. The highest BCUT2D eigenvalue weighted by molar-refractivity contribution is 7.91. The standard InChI is InChI=1S/C24H27NO6S/c1-3-4-15-30-20-9-7-18(8-10-20)24(26)25-17-23(22-6-5-16-31-22)32(27,28)21-13-11-19(29-2)12-14-21/h5-14,16,23H,3-4,15,17H2,1-2H3,(H,25,26)/t23-/m0/s1. The zero-order chi connectivity index (χ0) is 23.0. The molecule has 0 fully saturated rings. The summed E-state index contributed by atoms with van der Waals surface area (Å²) in [6.45, 7) is 2.56. The molecule has 1 amide bonds. The lowest BCUT2D eigenvalue weighted by Crippen LogP contribution is -2.31. The molecule has 8 heteroatoms. The molecule has 3 aromatic rings. The number of hydrogen-bond acceptors (Lipinski definition) is 6. The van der Waals surface area contributed by atoms with Gasteiger partial charge in [-0.1, -0.05) is 13.3 Å². The van der Waals surface area contributed by atoms with Crippen molar-refractivity contribution in [2.24, 2.45) is 0 Å². The normalized spacial score (nSPS) is 12.2. The molecule has 170 valence electrons. The summed E-state index contributed by atoms with van der Waals surface area (Å²) in [7, 11) is -2.32. The molecular weight excluding hydrogens is 430 g/mol. The molecule has 0 saturated carbocycles. The van der Waals surface area contributed by atoms with E-state index in [1.54, 1.807) is 48.5 Å². The van der Waals surface area contributed by atoms with E-state index in [2.05, 4.69) is 12.2 Å². The van der Waals surface area contributed by atoms with Crippen LogP contribution in [0, 0.1) is 0 Å². The highest BCUT2D eigenvalue weighted by Gasteiger charge is 2.32. The van der Waals surface area contributed by atoms with Crippen molar-refractivity contribution in [2.45, 2.75) is 29.9 Å². The molecule has 1 heterocycles. The molecule has 0 aliphatic carbocycles. The Balaban J connectivity index is 1.73. The van der Waals surface area contributed by atoms with Crippen molar-refractivity contribution in [3.05, 3.63) is 78.3 Å². The van der Waals surface area contributed by atoms with Crippen molar-refractivity contribution < 1.29 is 27.1 Å². The maximum Gasteiger partial charge on any atom is 0.251 e. The Kier molecular flexibility index (Phi) is 7.94. The van der Waals surface area contributed by atoms with Gasteiger partial charge >= 0.3 is 0 Å². The number of nitrogens with one attached hydrogen (secondary N) is 1. The maximum atomic E-state index is 13.3. The first kappa shape index (κ1) is 23.4. The van der Waals surface area contributed by atoms with Gasteiger partial charge in [0.15, 0.2) is 9.84 Å². The number of hydrogen-bond donors (Lipinski definition) is 1. The van der Waals surface area contributed by atoms with Gasteiger partial charge in [0.2, 0.25) is 0 Å². The van der Waals surface area contributed by atoms with Gasteiger partial charge in [-0.05, 0) is 67.1 Å². The fourth-order valence-electron chi connectivity index (χ4n) is 3.09. The molecule has 0 saturated heterocycles. The van der Waals surface area contributed by atoms with Crippen LogP contribution in [0.2, 0.25) is 0 Å². The molecule has 0 bridgehead atoms. The van der Waals surface area contributed by atoms with Crippen molar-refractivity contribution >= 4 is 15.7 Å². The number of ether oxygens (including phenoxy) is 2. The van der Waals surface area contributed by atoms with E-state index < -0.39 is 15.1 Å². The van der Waals surface area contributed by atoms with Gasteiger partial charge in [-0.2, -0.15) is 0 Å².